The van der Waals surface area contributed by atoms with Crippen molar-refractivity contribution in [1.29, 1.82) is 0 Å². The summed E-state index contributed by atoms with van der Waals surface area (Å²) in [5.74, 6) is -0.919. The number of carbonyl (C=O) groups is 1. The monoisotopic (exact) mass is 442 g/mol. The lowest BCUT2D eigenvalue weighted by Crippen LogP contribution is -2.04. The number of hydrogen-bond acceptors (Lipinski definition) is 3. The molecule has 4 aromatic rings. The normalized spacial score (nSPS) is 12.5. The third kappa shape index (κ3) is 3.39. The van der Waals surface area contributed by atoms with Crippen LogP contribution in [0.2, 0.25) is 0 Å². The fraction of sp³-hybridized carbons (Fsp3) is 0.185. The molecule has 1 N–H and O–H groups in total. The van der Waals surface area contributed by atoms with Crippen LogP contribution in [-0.2, 0) is 6.54 Å². The number of carboxylic acid groups (broad SMARTS) is 1. The Balaban J connectivity index is 1.90. The topological polar surface area (TPSA) is 63.8 Å². The number of ether oxygens (including phenoxy) is 1. The molecule has 0 atom stereocenters. The largest absolute Gasteiger partial charge is 0.496 e. The molecule has 1 aromatic heterocycles. The SMILES string of the molecule is COc1ccc(-c2c(C(C)C)n(-c3ccc(F)cc3)c3cc4c(cc23)CN=C4)cc1C(=O)O. The van der Waals surface area contributed by atoms with Crippen LogP contribution in [0.1, 0.15) is 46.9 Å². The van der Waals surface area contributed by atoms with Gasteiger partial charge in [-0.15, -0.1) is 0 Å². The van der Waals surface area contributed by atoms with Gasteiger partial charge in [0, 0.05) is 28.5 Å². The molecule has 0 bridgehead atoms. The van der Waals surface area contributed by atoms with E-state index in [0.29, 0.717) is 12.3 Å². The lowest BCUT2D eigenvalue weighted by atomic mass is 9.94. The quantitative estimate of drug-likeness (QED) is 0.400. The first-order valence-corrected chi connectivity index (χ1v) is 10.8. The van der Waals surface area contributed by atoms with Crippen LogP contribution >= 0.6 is 0 Å². The molecule has 0 aliphatic carbocycles. The summed E-state index contributed by atoms with van der Waals surface area (Å²) in [5, 5.41) is 10.8. The smallest absolute Gasteiger partial charge is 0.339 e. The van der Waals surface area contributed by atoms with E-state index in [9.17, 15) is 14.3 Å². The van der Waals surface area contributed by atoms with Gasteiger partial charge in [-0.25, -0.2) is 9.18 Å². The van der Waals surface area contributed by atoms with Gasteiger partial charge in [-0.1, -0.05) is 19.9 Å². The van der Waals surface area contributed by atoms with Gasteiger partial charge in [0.2, 0.25) is 0 Å². The number of aromatic nitrogens is 1. The van der Waals surface area contributed by atoms with Crippen molar-refractivity contribution < 1.29 is 19.0 Å². The van der Waals surface area contributed by atoms with Crippen molar-refractivity contribution in [2.75, 3.05) is 7.11 Å². The highest BCUT2D eigenvalue weighted by Crippen LogP contribution is 2.43. The number of aromatic carboxylic acids is 1. The van der Waals surface area contributed by atoms with Gasteiger partial charge < -0.3 is 14.4 Å². The van der Waals surface area contributed by atoms with E-state index >= 15 is 0 Å². The van der Waals surface area contributed by atoms with E-state index in [1.54, 1.807) is 24.3 Å². The first-order chi connectivity index (χ1) is 15.9. The number of halogens is 1. The van der Waals surface area contributed by atoms with Crippen molar-refractivity contribution >= 4 is 23.1 Å². The Bertz CT molecular complexity index is 1430. The third-order valence-electron chi connectivity index (χ3n) is 6.11. The number of rotatable bonds is 5. The van der Waals surface area contributed by atoms with Crippen LogP contribution in [-0.4, -0.2) is 29.0 Å². The summed E-state index contributed by atoms with van der Waals surface area (Å²) in [6.45, 7) is 4.83. The maximum atomic E-state index is 13.7. The van der Waals surface area contributed by atoms with E-state index in [0.717, 1.165) is 44.5 Å². The van der Waals surface area contributed by atoms with E-state index in [1.807, 2.05) is 12.3 Å². The van der Waals surface area contributed by atoms with E-state index in [4.69, 9.17) is 4.74 Å². The van der Waals surface area contributed by atoms with Crippen LogP contribution in [0.3, 0.4) is 0 Å². The van der Waals surface area contributed by atoms with Gasteiger partial charge in [-0.2, -0.15) is 0 Å². The molecule has 2 heterocycles. The van der Waals surface area contributed by atoms with E-state index in [-0.39, 0.29) is 17.3 Å². The van der Waals surface area contributed by atoms with Gasteiger partial charge in [0.05, 0.1) is 19.2 Å². The highest BCUT2D eigenvalue weighted by atomic mass is 19.1. The van der Waals surface area contributed by atoms with E-state index in [1.165, 1.54) is 19.2 Å². The third-order valence-corrected chi connectivity index (χ3v) is 6.11. The number of fused-ring (bicyclic) bond motifs is 2. The number of aliphatic imine (C=N–C) groups is 1. The predicted molar refractivity (Wildman–Crippen MR) is 128 cm³/mol. The van der Waals surface area contributed by atoms with Crippen molar-refractivity contribution in [3.63, 3.8) is 0 Å². The van der Waals surface area contributed by atoms with Gasteiger partial charge in [0.25, 0.3) is 0 Å². The summed E-state index contributed by atoms with van der Waals surface area (Å²) in [7, 11) is 1.46. The van der Waals surface area contributed by atoms with E-state index < -0.39 is 5.97 Å². The maximum Gasteiger partial charge on any atom is 0.339 e. The van der Waals surface area contributed by atoms with Crippen molar-refractivity contribution in [2.45, 2.75) is 26.3 Å². The molecule has 0 spiro atoms. The molecule has 3 aromatic carbocycles. The van der Waals surface area contributed by atoms with Crippen LogP contribution < -0.4 is 4.74 Å². The number of nitrogens with zero attached hydrogens (tertiary/aromatic N) is 2. The molecule has 1 aliphatic heterocycles. The van der Waals surface area contributed by atoms with Crippen molar-refractivity contribution in [1.82, 2.24) is 4.57 Å². The molecule has 33 heavy (non-hydrogen) atoms. The molecule has 0 unspecified atom stereocenters. The highest BCUT2D eigenvalue weighted by Gasteiger charge is 2.25. The van der Waals surface area contributed by atoms with Crippen LogP contribution in [0.25, 0.3) is 27.7 Å². The van der Waals surface area contributed by atoms with Gasteiger partial charge >= 0.3 is 5.97 Å². The number of methoxy groups -OCH3 is 1. The molecule has 5 nitrogen and oxygen atoms in total. The first-order valence-electron chi connectivity index (χ1n) is 10.8. The Morgan fingerprint density at radius 3 is 2.55 bits per heavy atom. The van der Waals surface area contributed by atoms with Crippen molar-refractivity contribution in [2.24, 2.45) is 4.99 Å². The number of carboxylic acids is 1. The Morgan fingerprint density at radius 1 is 1.12 bits per heavy atom. The minimum Gasteiger partial charge on any atom is -0.496 e. The van der Waals surface area contributed by atoms with Crippen LogP contribution in [0, 0.1) is 5.82 Å². The van der Waals surface area contributed by atoms with Crippen molar-refractivity contribution in [3.8, 4) is 22.6 Å². The highest BCUT2D eigenvalue weighted by molar-refractivity contribution is 6.04. The zero-order valence-corrected chi connectivity index (χ0v) is 18.6. The zero-order valence-electron chi connectivity index (χ0n) is 18.6. The average molecular weight is 442 g/mol. The summed E-state index contributed by atoms with van der Waals surface area (Å²) in [6, 6.07) is 16.0. The van der Waals surface area contributed by atoms with Crippen LogP contribution in [0.5, 0.6) is 5.75 Å². The molecule has 0 saturated heterocycles. The molecule has 0 saturated carbocycles. The van der Waals surface area contributed by atoms with Crippen LogP contribution in [0.15, 0.2) is 59.6 Å². The second-order valence-corrected chi connectivity index (χ2v) is 8.48. The van der Waals surface area contributed by atoms with Gasteiger partial charge in [0.1, 0.15) is 17.1 Å². The predicted octanol–water partition coefficient (Wildman–Crippen LogP) is 6.20. The van der Waals surface area contributed by atoms with E-state index in [2.05, 4.69) is 35.5 Å². The molecule has 0 fully saturated rings. The van der Waals surface area contributed by atoms with Crippen LogP contribution in [0.4, 0.5) is 4.39 Å². The number of hydrogen-bond donors (Lipinski definition) is 1. The first kappa shape index (κ1) is 20.9. The Labute approximate surface area is 190 Å². The van der Waals surface area contributed by atoms with Gasteiger partial charge in [-0.3, -0.25) is 4.99 Å². The molecule has 5 rings (SSSR count). The molecule has 1 aliphatic rings. The second-order valence-electron chi connectivity index (χ2n) is 8.48. The Kier molecular flexibility index (Phi) is 5.01. The Hall–Kier alpha value is -3.93. The summed E-state index contributed by atoms with van der Waals surface area (Å²) in [5.41, 5.74) is 6.90. The van der Waals surface area contributed by atoms with Gasteiger partial charge in [0.15, 0.2) is 0 Å². The fourth-order valence-corrected chi connectivity index (χ4v) is 4.66. The second kappa shape index (κ2) is 7.89. The Morgan fingerprint density at radius 2 is 1.88 bits per heavy atom. The summed E-state index contributed by atoms with van der Waals surface area (Å²) < 4.78 is 21.1. The average Bonchev–Trinajstić information content (AvgIpc) is 3.39. The summed E-state index contributed by atoms with van der Waals surface area (Å²) in [4.78, 5) is 16.3. The molecule has 0 amide bonds. The summed E-state index contributed by atoms with van der Waals surface area (Å²) >= 11 is 0. The fourth-order valence-electron chi connectivity index (χ4n) is 4.66. The molecule has 166 valence electrons. The zero-order chi connectivity index (χ0) is 23.3. The van der Waals surface area contributed by atoms with Gasteiger partial charge in [-0.05, 0) is 71.1 Å². The minimum atomic E-state index is -1.05. The number of benzene rings is 3. The maximum absolute atomic E-state index is 13.7. The minimum absolute atomic E-state index is 0.108. The molecule has 6 heteroatoms. The molecular formula is C27H23FN2O3. The standard InChI is InChI=1S/C27H23FN2O3/c1-15(2)26-25(16-4-9-24(33-3)22(10-16)27(31)32)21-11-17-13-29-14-18(17)12-23(21)30(26)20-7-5-19(28)6-8-20/h4-12,14-15H,13H2,1-3H3,(H,31,32). The molecule has 0 radical (unpaired) electrons. The summed E-state index contributed by atoms with van der Waals surface area (Å²) in [6.07, 6.45) is 1.88. The lowest BCUT2D eigenvalue weighted by molar-refractivity contribution is 0.0693. The molecular weight excluding hydrogens is 419 g/mol. The lowest BCUT2D eigenvalue weighted by Gasteiger charge is -2.16. The van der Waals surface area contributed by atoms with Crippen molar-refractivity contribution in [3.05, 3.63) is 82.8 Å².